The van der Waals surface area contributed by atoms with Crippen LogP contribution in [0.25, 0.3) is 0 Å². The zero-order valence-corrected chi connectivity index (χ0v) is 15.4. The van der Waals surface area contributed by atoms with E-state index in [-0.39, 0.29) is 0 Å². The van der Waals surface area contributed by atoms with E-state index in [9.17, 15) is 0 Å². The number of thiocarbonyl (C=S) groups is 1. The van der Waals surface area contributed by atoms with Crippen molar-refractivity contribution >= 4 is 28.7 Å². The second-order valence-corrected chi connectivity index (χ2v) is 6.19. The maximum atomic E-state index is 5.56. The predicted octanol–water partition coefficient (Wildman–Crippen LogP) is 3.22. The summed E-state index contributed by atoms with van der Waals surface area (Å²) >= 11 is 5.56. The number of hydrogen-bond donors (Lipinski definition) is 1. The third kappa shape index (κ3) is 4.14. The molecule has 0 amide bonds. The van der Waals surface area contributed by atoms with E-state index in [1.807, 2.05) is 42.5 Å². The summed E-state index contributed by atoms with van der Waals surface area (Å²) in [5, 5.41) is 4.05. The first-order valence-electron chi connectivity index (χ1n) is 8.29. The van der Waals surface area contributed by atoms with E-state index in [0.717, 1.165) is 54.2 Å². The van der Waals surface area contributed by atoms with Gasteiger partial charge >= 0.3 is 0 Å². The molecule has 0 bridgehead atoms. The molecule has 1 fully saturated rings. The van der Waals surface area contributed by atoms with Gasteiger partial charge in [-0.1, -0.05) is 12.1 Å². The summed E-state index contributed by atoms with van der Waals surface area (Å²) in [4.78, 5) is 4.54. The van der Waals surface area contributed by atoms with E-state index < -0.39 is 0 Å². The smallest absolute Gasteiger partial charge is 0.173 e. The number of rotatable bonds is 4. The van der Waals surface area contributed by atoms with Crippen LogP contribution in [-0.2, 0) is 0 Å². The van der Waals surface area contributed by atoms with Gasteiger partial charge in [0, 0.05) is 31.9 Å². The maximum Gasteiger partial charge on any atom is 0.173 e. The number of ether oxygens (including phenoxy) is 2. The minimum atomic E-state index is 0.754. The van der Waals surface area contributed by atoms with Gasteiger partial charge in [0.15, 0.2) is 5.11 Å². The Bertz CT molecular complexity index is 713. The van der Waals surface area contributed by atoms with Crippen molar-refractivity contribution in [2.45, 2.75) is 0 Å². The van der Waals surface area contributed by atoms with Gasteiger partial charge in [0.1, 0.15) is 11.5 Å². The van der Waals surface area contributed by atoms with Crippen molar-refractivity contribution in [1.29, 1.82) is 0 Å². The Morgan fingerprint density at radius 2 is 1.60 bits per heavy atom. The average Bonchev–Trinajstić information content (AvgIpc) is 2.68. The first-order chi connectivity index (χ1) is 12.2. The van der Waals surface area contributed by atoms with Crippen LogP contribution in [0.2, 0.25) is 0 Å². The molecule has 1 saturated heterocycles. The van der Waals surface area contributed by atoms with Crippen molar-refractivity contribution in [1.82, 2.24) is 4.90 Å². The average molecular weight is 357 g/mol. The molecular formula is C19H23N3O2S. The Hall–Kier alpha value is -2.47. The second-order valence-electron chi connectivity index (χ2n) is 5.80. The highest BCUT2D eigenvalue weighted by Crippen LogP contribution is 2.28. The van der Waals surface area contributed by atoms with E-state index >= 15 is 0 Å². The van der Waals surface area contributed by atoms with Gasteiger partial charge in [-0.15, -0.1) is 0 Å². The van der Waals surface area contributed by atoms with Crippen molar-refractivity contribution in [3.63, 3.8) is 0 Å². The van der Waals surface area contributed by atoms with Crippen molar-refractivity contribution < 1.29 is 9.47 Å². The summed E-state index contributed by atoms with van der Waals surface area (Å²) < 4.78 is 10.6. The molecule has 132 valence electrons. The minimum Gasteiger partial charge on any atom is -0.497 e. The largest absolute Gasteiger partial charge is 0.497 e. The van der Waals surface area contributed by atoms with Gasteiger partial charge in [0.25, 0.3) is 0 Å². The molecule has 0 atom stereocenters. The number of benzene rings is 2. The van der Waals surface area contributed by atoms with Crippen molar-refractivity contribution in [2.75, 3.05) is 50.6 Å². The van der Waals surface area contributed by atoms with Gasteiger partial charge in [-0.3, -0.25) is 0 Å². The molecule has 25 heavy (non-hydrogen) atoms. The Morgan fingerprint density at radius 1 is 0.920 bits per heavy atom. The van der Waals surface area contributed by atoms with Crippen LogP contribution in [0.3, 0.4) is 0 Å². The molecule has 3 rings (SSSR count). The normalized spacial score (nSPS) is 14.2. The summed E-state index contributed by atoms with van der Waals surface area (Å²) in [5.41, 5.74) is 2.11. The fraction of sp³-hybridized carbons (Fsp3) is 0.316. The van der Waals surface area contributed by atoms with E-state index in [1.165, 1.54) is 0 Å². The summed E-state index contributed by atoms with van der Waals surface area (Å²) in [6.07, 6.45) is 0. The van der Waals surface area contributed by atoms with Crippen LogP contribution in [0.4, 0.5) is 11.4 Å². The van der Waals surface area contributed by atoms with Crippen LogP contribution in [0.5, 0.6) is 11.5 Å². The number of hydrogen-bond acceptors (Lipinski definition) is 4. The zero-order chi connectivity index (χ0) is 17.6. The number of para-hydroxylation sites is 2. The van der Waals surface area contributed by atoms with E-state index in [1.54, 1.807) is 14.2 Å². The minimum absolute atomic E-state index is 0.754. The standard InChI is InChI=1S/C19H23N3O2S/c1-23-16-9-7-15(8-10-16)20-19(25)22-13-11-21(12-14-22)17-5-3-4-6-18(17)24-2/h3-10H,11-14H2,1-2H3,(H,20,25). The summed E-state index contributed by atoms with van der Waals surface area (Å²) in [7, 11) is 3.37. The van der Waals surface area contributed by atoms with Crippen LogP contribution in [0.15, 0.2) is 48.5 Å². The fourth-order valence-corrected chi connectivity index (χ4v) is 3.22. The number of nitrogens with zero attached hydrogens (tertiary/aromatic N) is 2. The highest BCUT2D eigenvalue weighted by Gasteiger charge is 2.21. The number of anilines is 2. The Labute approximate surface area is 154 Å². The monoisotopic (exact) mass is 357 g/mol. The summed E-state index contributed by atoms with van der Waals surface area (Å²) in [6, 6.07) is 15.9. The topological polar surface area (TPSA) is 37.0 Å². The fourth-order valence-electron chi connectivity index (χ4n) is 2.92. The highest BCUT2D eigenvalue weighted by molar-refractivity contribution is 7.80. The van der Waals surface area contributed by atoms with Gasteiger partial charge < -0.3 is 24.6 Å². The number of piperazine rings is 1. The summed E-state index contributed by atoms with van der Waals surface area (Å²) in [5.74, 6) is 1.75. The van der Waals surface area contributed by atoms with Crippen molar-refractivity contribution in [3.8, 4) is 11.5 Å². The van der Waals surface area contributed by atoms with E-state index in [4.69, 9.17) is 21.7 Å². The van der Waals surface area contributed by atoms with Crippen LogP contribution in [0, 0.1) is 0 Å². The molecular weight excluding hydrogens is 334 g/mol. The summed E-state index contributed by atoms with van der Waals surface area (Å²) in [6.45, 7) is 3.57. The molecule has 1 heterocycles. The Balaban J connectivity index is 1.57. The molecule has 6 heteroatoms. The molecule has 0 spiro atoms. The Morgan fingerprint density at radius 3 is 2.24 bits per heavy atom. The second kappa shape index (κ2) is 8.07. The van der Waals surface area contributed by atoms with Gasteiger partial charge in [0.2, 0.25) is 0 Å². The molecule has 0 radical (unpaired) electrons. The lowest BCUT2D eigenvalue weighted by atomic mass is 10.2. The molecule has 1 N–H and O–H groups in total. The molecule has 1 aliphatic heterocycles. The van der Waals surface area contributed by atoms with Gasteiger partial charge in [-0.05, 0) is 48.6 Å². The van der Waals surface area contributed by atoms with Crippen molar-refractivity contribution in [3.05, 3.63) is 48.5 Å². The molecule has 5 nitrogen and oxygen atoms in total. The molecule has 0 saturated carbocycles. The lowest BCUT2D eigenvalue weighted by molar-refractivity contribution is 0.382. The SMILES string of the molecule is COc1ccc(NC(=S)N2CCN(c3ccccc3OC)CC2)cc1. The predicted molar refractivity (Wildman–Crippen MR) is 106 cm³/mol. The quantitative estimate of drug-likeness (QED) is 0.847. The van der Waals surface area contributed by atoms with Crippen molar-refractivity contribution in [2.24, 2.45) is 0 Å². The molecule has 1 aliphatic rings. The molecule has 0 aromatic heterocycles. The van der Waals surface area contributed by atoms with Gasteiger partial charge in [-0.25, -0.2) is 0 Å². The van der Waals surface area contributed by atoms with Gasteiger partial charge in [0.05, 0.1) is 19.9 Å². The zero-order valence-electron chi connectivity index (χ0n) is 14.6. The lowest BCUT2D eigenvalue weighted by Gasteiger charge is -2.37. The number of nitrogens with one attached hydrogen (secondary N) is 1. The highest BCUT2D eigenvalue weighted by atomic mass is 32.1. The molecule has 2 aromatic rings. The molecule has 2 aromatic carbocycles. The van der Waals surface area contributed by atoms with Crippen LogP contribution < -0.4 is 19.7 Å². The first kappa shape index (κ1) is 17.4. The molecule has 0 unspecified atom stereocenters. The Kier molecular flexibility index (Phi) is 5.60. The van der Waals surface area contributed by atoms with Crippen LogP contribution in [-0.4, -0.2) is 50.4 Å². The third-order valence-electron chi connectivity index (χ3n) is 4.33. The first-order valence-corrected chi connectivity index (χ1v) is 8.70. The van der Waals surface area contributed by atoms with E-state index in [2.05, 4.69) is 21.2 Å². The lowest BCUT2D eigenvalue weighted by Crippen LogP contribution is -2.50. The molecule has 0 aliphatic carbocycles. The third-order valence-corrected chi connectivity index (χ3v) is 4.69. The maximum absolute atomic E-state index is 5.56. The number of methoxy groups -OCH3 is 2. The van der Waals surface area contributed by atoms with E-state index in [0.29, 0.717) is 0 Å². The van der Waals surface area contributed by atoms with Gasteiger partial charge in [-0.2, -0.15) is 0 Å². The van der Waals surface area contributed by atoms with Crippen LogP contribution in [0.1, 0.15) is 0 Å². The van der Waals surface area contributed by atoms with Crippen LogP contribution >= 0.6 is 12.2 Å².